The summed E-state index contributed by atoms with van der Waals surface area (Å²) in [4.78, 5) is 25.0. The molecule has 1 unspecified atom stereocenters. The fourth-order valence-electron chi connectivity index (χ4n) is 1.69. The minimum atomic E-state index is -0.608. The predicted octanol–water partition coefficient (Wildman–Crippen LogP) is 3.48. The molecule has 0 heterocycles. The molecule has 0 aliphatic carbocycles. The van der Waals surface area contributed by atoms with E-state index in [0.717, 1.165) is 10.6 Å². The Kier molecular flexibility index (Phi) is 9.55. The molecule has 1 aromatic carbocycles. The van der Waals surface area contributed by atoms with Gasteiger partial charge in [0.05, 0.1) is 6.10 Å². The van der Waals surface area contributed by atoms with Crippen molar-refractivity contribution in [3.63, 3.8) is 0 Å². The van der Waals surface area contributed by atoms with Gasteiger partial charge in [-0.15, -0.1) is 0 Å². The molecule has 0 saturated carbocycles. The number of nitrogens with one attached hydrogen (secondary N) is 1. The maximum atomic E-state index is 12.0. The van der Waals surface area contributed by atoms with Crippen LogP contribution in [0.15, 0.2) is 46.7 Å². The fraction of sp³-hybridized carbons (Fsp3) is 0.412. The first-order valence-corrected chi connectivity index (χ1v) is 9.68. The lowest BCUT2D eigenvalue weighted by Gasteiger charge is -2.18. The Balaban J connectivity index is 2.53. The summed E-state index contributed by atoms with van der Waals surface area (Å²) in [6.45, 7) is 3.59. The van der Waals surface area contributed by atoms with Crippen LogP contribution >= 0.6 is 23.5 Å². The van der Waals surface area contributed by atoms with Crippen molar-refractivity contribution in [2.45, 2.75) is 37.3 Å². The molecular formula is C17H23NO3S2. The highest BCUT2D eigenvalue weighted by Gasteiger charge is 2.21. The second-order valence-corrected chi connectivity index (χ2v) is 7.03. The molecule has 23 heavy (non-hydrogen) atoms. The maximum absolute atomic E-state index is 12.0. The Hall–Kier alpha value is -1.40. The molecule has 0 radical (unpaired) electrons. The van der Waals surface area contributed by atoms with Crippen LogP contribution in [0.3, 0.4) is 0 Å². The van der Waals surface area contributed by atoms with Crippen LogP contribution < -0.4 is 5.32 Å². The summed E-state index contributed by atoms with van der Waals surface area (Å²) in [5.41, 5.74) is 0. The number of hydrogen-bond donors (Lipinski definition) is 1. The standard InChI is InChI=1S/C17H23NO3S2/c1-13(2)21-17(20)15(9-11-22-3)18-16(19)10-12-23-14-7-5-4-6-8-14/h4-8,10,12-13,15H,9,11H2,1-3H3,(H,18,19)/b12-10+. The van der Waals surface area contributed by atoms with Crippen LogP contribution in [0.5, 0.6) is 0 Å². The molecule has 1 amide bonds. The number of ether oxygens (including phenoxy) is 1. The van der Waals surface area contributed by atoms with Gasteiger partial charge in [-0.2, -0.15) is 11.8 Å². The van der Waals surface area contributed by atoms with Crippen LogP contribution in [-0.4, -0.2) is 36.0 Å². The molecule has 0 aliphatic rings. The summed E-state index contributed by atoms with van der Waals surface area (Å²) in [6.07, 6.45) is 3.76. The Labute approximate surface area is 146 Å². The van der Waals surface area contributed by atoms with E-state index in [1.807, 2.05) is 36.6 Å². The summed E-state index contributed by atoms with van der Waals surface area (Å²) in [6, 6.07) is 9.15. The van der Waals surface area contributed by atoms with Crippen molar-refractivity contribution in [1.82, 2.24) is 5.32 Å². The minimum absolute atomic E-state index is 0.194. The largest absolute Gasteiger partial charge is 0.461 e. The zero-order valence-corrected chi connectivity index (χ0v) is 15.3. The highest BCUT2D eigenvalue weighted by molar-refractivity contribution is 8.02. The third kappa shape index (κ3) is 8.71. The molecule has 1 N–H and O–H groups in total. The highest BCUT2D eigenvalue weighted by atomic mass is 32.2. The SMILES string of the molecule is CSCCC(NC(=O)/C=C/Sc1ccccc1)C(=O)OC(C)C. The van der Waals surface area contributed by atoms with Crippen molar-refractivity contribution < 1.29 is 14.3 Å². The van der Waals surface area contributed by atoms with E-state index in [-0.39, 0.29) is 18.0 Å². The van der Waals surface area contributed by atoms with Gasteiger partial charge in [-0.05, 0) is 49.8 Å². The number of rotatable bonds is 9. The highest BCUT2D eigenvalue weighted by Crippen LogP contribution is 2.17. The first-order valence-electron chi connectivity index (χ1n) is 7.41. The zero-order valence-electron chi connectivity index (χ0n) is 13.7. The lowest BCUT2D eigenvalue weighted by atomic mass is 10.2. The molecule has 126 valence electrons. The smallest absolute Gasteiger partial charge is 0.328 e. The van der Waals surface area contributed by atoms with Gasteiger partial charge in [-0.25, -0.2) is 4.79 Å². The van der Waals surface area contributed by atoms with E-state index in [4.69, 9.17) is 4.74 Å². The van der Waals surface area contributed by atoms with E-state index in [1.54, 1.807) is 31.0 Å². The average Bonchev–Trinajstić information content (AvgIpc) is 2.51. The van der Waals surface area contributed by atoms with E-state index < -0.39 is 6.04 Å². The van der Waals surface area contributed by atoms with Crippen molar-refractivity contribution in [3.05, 3.63) is 41.8 Å². The lowest BCUT2D eigenvalue weighted by Crippen LogP contribution is -2.42. The van der Waals surface area contributed by atoms with Gasteiger partial charge < -0.3 is 10.1 Å². The lowest BCUT2D eigenvalue weighted by molar-refractivity contribution is -0.151. The van der Waals surface area contributed by atoms with Gasteiger partial charge in [-0.3, -0.25) is 4.79 Å². The normalized spacial score (nSPS) is 12.3. The predicted molar refractivity (Wildman–Crippen MR) is 97.6 cm³/mol. The first kappa shape index (κ1) is 19.6. The summed E-state index contributed by atoms with van der Waals surface area (Å²) >= 11 is 3.08. The molecule has 0 saturated heterocycles. The first-order chi connectivity index (χ1) is 11.0. The van der Waals surface area contributed by atoms with Crippen LogP contribution in [0.25, 0.3) is 0 Å². The third-order valence-corrected chi connectivity index (χ3v) is 4.19. The second kappa shape index (κ2) is 11.2. The molecule has 0 aliphatic heterocycles. The summed E-state index contributed by atoms with van der Waals surface area (Å²) in [7, 11) is 0. The van der Waals surface area contributed by atoms with Crippen LogP contribution in [0, 0.1) is 0 Å². The van der Waals surface area contributed by atoms with E-state index in [1.165, 1.54) is 17.8 Å². The average molecular weight is 354 g/mol. The monoisotopic (exact) mass is 353 g/mol. The summed E-state index contributed by atoms with van der Waals surface area (Å²) < 4.78 is 5.19. The van der Waals surface area contributed by atoms with Gasteiger partial charge >= 0.3 is 5.97 Å². The van der Waals surface area contributed by atoms with E-state index in [0.29, 0.717) is 6.42 Å². The quantitative estimate of drug-likeness (QED) is 0.418. The van der Waals surface area contributed by atoms with Crippen LogP contribution in [0.1, 0.15) is 20.3 Å². The van der Waals surface area contributed by atoms with Crippen molar-refractivity contribution in [3.8, 4) is 0 Å². The zero-order chi connectivity index (χ0) is 17.1. The summed E-state index contributed by atoms with van der Waals surface area (Å²) in [5.74, 6) is 0.104. The van der Waals surface area contributed by atoms with Gasteiger partial charge in [0.25, 0.3) is 0 Å². The number of thioether (sulfide) groups is 2. The molecule has 0 fully saturated rings. The van der Waals surface area contributed by atoms with Crippen molar-refractivity contribution >= 4 is 35.4 Å². The topological polar surface area (TPSA) is 55.4 Å². The van der Waals surface area contributed by atoms with Crippen molar-refractivity contribution in [2.75, 3.05) is 12.0 Å². The number of esters is 1. The molecule has 4 nitrogen and oxygen atoms in total. The van der Waals surface area contributed by atoms with Gasteiger partial charge in [0.2, 0.25) is 5.91 Å². The van der Waals surface area contributed by atoms with E-state index in [9.17, 15) is 9.59 Å². The molecular weight excluding hydrogens is 330 g/mol. The Morgan fingerprint density at radius 3 is 2.57 bits per heavy atom. The Morgan fingerprint density at radius 2 is 1.96 bits per heavy atom. The van der Waals surface area contributed by atoms with Gasteiger partial charge in [0, 0.05) is 11.0 Å². The minimum Gasteiger partial charge on any atom is -0.461 e. The number of carbonyl (C=O) groups is 2. The van der Waals surface area contributed by atoms with Crippen LogP contribution in [-0.2, 0) is 14.3 Å². The number of amides is 1. The van der Waals surface area contributed by atoms with Crippen LogP contribution in [0.2, 0.25) is 0 Å². The number of hydrogen-bond acceptors (Lipinski definition) is 5. The van der Waals surface area contributed by atoms with Gasteiger partial charge in [0.15, 0.2) is 0 Å². The Morgan fingerprint density at radius 1 is 1.26 bits per heavy atom. The van der Waals surface area contributed by atoms with E-state index in [2.05, 4.69) is 5.32 Å². The Bertz CT molecular complexity index is 518. The molecule has 0 spiro atoms. The van der Waals surface area contributed by atoms with Gasteiger partial charge in [-0.1, -0.05) is 30.0 Å². The molecule has 1 atom stereocenters. The maximum Gasteiger partial charge on any atom is 0.328 e. The number of benzene rings is 1. The molecule has 1 rings (SSSR count). The third-order valence-electron chi connectivity index (χ3n) is 2.73. The number of carbonyl (C=O) groups excluding carboxylic acids is 2. The van der Waals surface area contributed by atoms with Crippen LogP contribution in [0.4, 0.5) is 0 Å². The summed E-state index contributed by atoms with van der Waals surface area (Å²) in [5, 5.41) is 4.43. The molecule has 0 aromatic heterocycles. The fourth-order valence-corrected chi connectivity index (χ4v) is 2.83. The molecule has 0 bridgehead atoms. The second-order valence-electron chi connectivity index (χ2n) is 5.06. The van der Waals surface area contributed by atoms with Gasteiger partial charge in [0.1, 0.15) is 6.04 Å². The molecule has 6 heteroatoms. The van der Waals surface area contributed by atoms with E-state index >= 15 is 0 Å². The van der Waals surface area contributed by atoms with Crippen molar-refractivity contribution in [2.24, 2.45) is 0 Å². The van der Waals surface area contributed by atoms with Crippen molar-refractivity contribution in [1.29, 1.82) is 0 Å². The molecule has 1 aromatic rings.